The summed E-state index contributed by atoms with van der Waals surface area (Å²) < 4.78 is 1.86. The summed E-state index contributed by atoms with van der Waals surface area (Å²) in [5, 5.41) is 10.5. The Balaban J connectivity index is 2.40. The fourth-order valence-electron chi connectivity index (χ4n) is 1.38. The number of non-ortho nitro benzene ring substituents is 1. The summed E-state index contributed by atoms with van der Waals surface area (Å²) in [6.45, 7) is 0. The van der Waals surface area contributed by atoms with Gasteiger partial charge in [-0.05, 0) is 12.1 Å². The maximum absolute atomic E-state index is 10.5. The lowest BCUT2D eigenvalue weighted by atomic mass is 10.2. The Hall–Kier alpha value is -2.17. The number of aromatic nitrogens is 2. The number of hydrogen-bond acceptors (Lipinski definition) is 3. The Morgan fingerprint density at radius 2 is 2.00 bits per heavy atom. The smallest absolute Gasteiger partial charge is 0.269 e. The molecule has 76 valence electrons. The van der Waals surface area contributed by atoms with Crippen LogP contribution in [0.25, 0.3) is 11.4 Å². The molecule has 0 radical (unpaired) electrons. The highest BCUT2D eigenvalue weighted by atomic mass is 16.6. The SMILES string of the molecule is Cn1ccnc1-c1ccc([N+](=O)[O-])cc1. The van der Waals surface area contributed by atoms with E-state index in [0.717, 1.165) is 11.4 Å². The van der Waals surface area contributed by atoms with E-state index in [-0.39, 0.29) is 5.69 Å². The predicted octanol–water partition coefficient (Wildman–Crippen LogP) is 2.00. The molecule has 15 heavy (non-hydrogen) atoms. The molecule has 0 aliphatic heterocycles. The van der Waals surface area contributed by atoms with Crippen LogP contribution in [0, 0.1) is 10.1 Å². The van der Waals surface area contributed by atoms with E-state index in [2.05, 4.69) is 4.98 Å². The summed E-state index contributed by atoms with van der Waals surface area (Å²) in [5.41, 5.74) is 0.959. The van der Waals surface area contributed by atoms with Crippen LogP contribution in [0.15, 0.2) is 36.7 Å². The topological polar surface area (TPSA) is 61.0 Å². The van der Waals surface area contributed by atoms with Crippen molar-refractivity contribution in [2.75, 3.05) is 0 Å². The van der Waals surface area contributed by atoms with Crippen molar-refractivity contribution in [1.29, 1.82) is 0 Å². The van der Waals surface area contributed by atoms with E-state index in [9.17, 15) is 10.1 Å². The van der Waals surface area contributed by atoms with Crippen LogP contribution in [0.1, 0.15) is 0 Å². The van der Waals surface area contributed by atoms with E-state index in [1.54, 1.807) is 18.3 Å². The molecular formula is C10H9N3O2. The van der Waals surface area contributed by atoms with Gasteiger partial charge in [-0.15, -0.1) is 0 Å². The predicted molar refractivity (Wildman–Crippen MR) is 55.3 cm³/mol. The Morgan fingerprint density at radius 1 is 1.33 bits per heavy atom. The van der Waals surface area contributed by atoms with Crippen molar-refractivity contribution in [1.82, 2.24) is 9.55 Å². The average Bonchev–Trinajstić information content (AvgIpc) is 2.65. The van der Waals surface area contributed by atoms with Gasteiger partial charge in [0.05, 0.1) is 4.92 Å². The van der Waals surface area contributed by atoms with Crippen molar-refractivity contribution in [2.45, 2.75) is 0 Å². The molecule has 0 spiro atoms. The van der Waals surface area contributed by atoms with E-state index in [1.165, 1.54) is 12.1 Å². The Labute approximate surface area is 86.1 Å². The minimum absolute atomic E-state index is 0.0907. The fraction of sp³-hybridized carbons (Fsp3) is 0.100. The second kappa shape index (κ2) is 3.53. The molecule has 0 bridgehead atoms. The average molecular weight is 203 g/mol. The first kappa shape index (κ1) is 9.39. The fourth-order valence-corrected chi connectivity index (χ4v) is 1.38. The summed E-state index contributed by atoms with van der Waals surface area (Å²) in [5.74, 6) is 0.796. The van der Waals surface area contributed by atoms with Crippen LogP contribution in [0.3, 0.4) is 0 Å². The van der Waals surface area contributed by atoms with Crippen LogP contribution >= 0.6 is 0 Å². The van der Waals surface area contributed by atoms with Crippen LogP contribution in [0.2, 0.25) is 0 Å². The van der Waals surface area contributed by atoms with E-state index in [4.69, 9.17) is 0 Å². The molecule has 2 aromatic rings. The monoisotopic (exact) mass is 203 g/mol. The largest absolute Gasteiger partial charge is 0.334 e. The van der Waals surface area contributed by atoms with E-state index in [0.29, 0.717) is 0 Å². The molecule has 0 saturated carbocycles. The van der Waals surface area contributed by atoms with Gasteiger partial charge in [-0.1, -0.05) is 0 Å². The molecule has 1 aromatic carbocycles. The number of benzene rings is 1. The highest BCUT2D eigenvalue weighted by Crippen LogP contribution is 2.19. The summed E-state index contributed by atoms with van der Waals surface area (Å²) in [7, 11) is 1.88. The van der Waals surface area contributed by atoms with Crippen LogP contribution < -0.4 is 0 Å². The second-order valence-corrected chi connectivity index (χ2v) is 3.17. The summed E-state index contributed by atoms with van der Waals surface area (Å²) >= 11 is 0. The highest BCUT2D eigenvalue weighted by Gasteiger charge is 2.07. The van der Waals surface area contributed by atoms with Gasteiger partial charge in [-0.25, -0.2) is 4.98 Å². The molecule has 2 rings (SSSR count). The molecule has 0 fully saturated rings. The molecule has 0 atom stereocenters. The van der Waals surface area contributed by atoms with E-state index >= 15 is 0 Å². The molecule has 0 aliphatic rings. The molecule has 0 aliphatic carbocycles. The highest BCUT2D eigenvalue weighted by molar-refractivity contribution is 5.57. The minimum atomic E-state index is -0.414. The van der Waals surface area contributed by atoms with Gasteiger partial charge in [-0.3, -0.25) is 10.1 Å². The first-order valence-electron chi connectivity index (χ1n) is 4.40. The van der Waals surface area contributed by atoms with Crippen molar-refractivity contribution >= 4 is 5.69 Å². The molecule has 0 amide bonds. The number of nitro groups is 1. The lowest BCUT2D eigenvalue weighted by Crippen LogP contribution is -1.92. The molecule has 5 heteroatoms. The van der Waals surface area contributed by atoms with E-state index in [1.807, 2.05) is 17.8 Å². The first-order chi connectivity index (χ1) is 7.18. The van der Waals surface area contributed by atoms with Crippen LogP contribution in [-0.2, 0) is 7.05 Å². The zero-order valence-electron chi connectivity index (χ0n) is 8.12. The standard InChI is InChI=1S/C10H9N3O2/c1-12-7-6-11-10(12)8-2-4-9(5-3-8)13(14)15/h2-7H,1H3. The van der Waals surface area contributed by atoms with Gasteiger partial charge in [0.25, 0.3) is 5.69 Å². The van der Waals surface area contributed by atoms with Crippen LogP contribution in [0.4, 0.5) is 5.69 Å². The zero-order valence-corrected chi connectivity index (χ0v) is 8.12. The van der Waals surface area contributed by atoms with Gasteiger partial charge < -0.3 is 4.57 Å². The molecular weight excluding hydrogens is 194 g/mol. The van der Waals surface area contributed by atoms with Crippen molar-refractivity contribution in [2.24, 2.45) is 7.05 Å². The zero-order chi connectivity index (χ0) is 10.8. The lowest BCUT2D eigenvalue weighted by molar-refractivity contribution is -0.384. The number of imidazole rings is 1. The number of rotatable bonds is 2. The van der Waals surface area contributed by atoms with E-state index < -0.39 is 4.92 Å². The Bertz CT molecular complexity index is 488. The number of nitro benzene ring substituents is 1. The maximum atomic E-state index is 10.5. The quantitative estimate of drug-likeness (QED) is 0.554. The van der Waals surface area contributed by atoms with Gasteiger partial charge in [0.2, 0.25) is 0 Å². The lowest BCUT2D eigenvalue weighted by Gasteiger charge is -2.00. The van der Waals surface area contributed by atoms with Gasteiger partial charge in [-0.2, -0.15) is 0 Å². The molecule has 1 heterocycles. The van der Waals surface area contributed by atoms with Crippen molar-refractivity contribution < 1.29 is 4.92 Å². The van der Waals surface area contributed by atoms with Crippen molar-refractivity contribution in [3.63, 3.8) is 0 Å². The molecule has 5 nitrogen and oxygen atoms in total. The van der Waals surface area contributed by atoms with Crippen molar-refractivity contribution in [3.8, 4) is 11.4 Å². The summed E-state index contributed by atoms with van der Waals surface area (Å²) in [6, 6.07) is 6.34. The molecule has 1 aromatic heterocycles. The molecule has 0 N–H and O–H groups in total. The third-order valence-corrected chi connectivity index (χ3v) is 2.16. The van der Waals surface area contributed by atoms with Gasteiger partial charge in [0.15, 0.2) is 0 Å². The second-order valence-electron chi connectivity index (χ2n) is 3.17. The third kappa shape index (κ3) is 1.71. The maximum Gasteiger partial charge on any atom is 0.269 e. The number of hydrogen-bond donors (Lipinski definition) is 0. The van der Waals surface area contributed by atoms with Crippen LogP contribution in [-0.4, -0.2) is 14.5 Å². The number of aryl methyl sites for hydroxylation is 1. The van der Waals surface area contributed by atoms with Crippen molar-refractivity contribution in [3.05, 3.63) is 46.8 Å². The van der Waals surface area contributed by atoms with Gasteiger partial charge in [0, 0.05) is 37.1 Å². The van der Waals surface area contributed by atoms with Gasteiger partial charge in [0.1, 0.15) is 5.82 Å². The minimum Gasteiger partial charge on any atom is -0.334 e. The summed E-state index contributed by atoms with van der Waals surface area (Å²) in [4.78, 5) is 14.2. The normalized spacial score (nSPS) is 10.2. The van der Waals surface area contributed by atoms with Gasteiger partial charge >= 0.3 is 0 Å². The molecule has 0 unspecified atom stereocenters. The number of nitrogens with zero attached hydrogens (tertiary/aromatic N) is 3. The third-order valence-electron chi connectivity index (χ3n) is 2.16. The first-order valence-corrected chi connectivity index (χ1v) is 4.40. The Kier molecular flexibility index (Phi) is 2.21. The van der Waals surface area contributed by atoms with Crippen LogP contribution in [0.5, 0.6) is 0 Å². The summed E-state index contributed by atoms with van der Waals surface area (Å²) in [6.07, 6.45) is 3.52. The molecule has 0 saturated heterocycles. The Morgan fingerprint density at radius 3 is 2.47 bits per heavy atom.